The van der Waals surface area contributed by atoms with Crippen molar-refractivity contribution >= 4 is 64.3 Å². The number of hydrogen-bond acceptors (Lipinski definition) is 16. The number of carbonyl (C=O) groups is 6. The second kappa shape index (κ2) is 21.3. The number of aliphatic hydroxyl groups excluding tert-OH is 1. The summed E-state index contributed by atoms with van der Waals surface area (Å²) in [5.41, 5.74) is 1.74. The number of nitrogens with one attached hydrogen (secondary N) is 4. The summed E-state index contributed by atoms with van der Waals surface area (Å²) in [5.74, 6) is -6.92. The molecule has 1 aliphatic carbocycles. The molecule has 68 heavy (non-hydrogen) atoms. The summed E-state index contributed by atoms with van der Waals surface area (Å²) < 4.78 is 47.5. The minimum Gasteiger partial charge on any atom is -0.489 e. The van der Waals surface area contributed by atoms with Gasteiger partial charge in [0.15, 0.2) is 5.82 Å². The first kappa shape index (κ1) is 48.1. The lowest BCUT2D eigenvalue weighted by atomic mass is 10.0. The third-order valence-corrected chi connectivity index (χ3v) is 12.9. The molecule has 1 atom stereocenters. The number of amides is 6. The summed E-state index contributed by atoms with van der Waals surface area (Å²) in [4.78, 5) is 91.1. The van der Waals surface area contributed by atoms with Gasteiger partial charge in [0.2, 0.25) is 17.8 Å². The van der Waals surface area contributed by atoms with Gasteiger partial charge in [-0.25, -0.2) is 4.98 Å². The predicted octanol–water partition coefficient (Wildman–Crippen LogP) is 2.69. The van der Waals surface area contributed by atoms with E-state index in [4.69, 9.17) is 14.2 Å². The number of aliphatic hydroxyl groups is 1. The van der Waals surface area contributed by atoms with Crippen LogP contribution < -0.4 is 35.8 Å². The van der Waals surface area contributed by atoms with Gasteiger partial charge in [0, 0.05) is 63.0 Å². The Kier molecular flexibility index (Phi) is 15.1. The first-order valence-corrected chi connectivity index (χ1v) is 23.0. The maximum atomic E-state index is 15.1. The number of halogens is 2. The molecule has 20 nitrogen and oxygen atoms in total. The average Bonchev–Trinajstić information content (AvgIpc) is 3.94. The summed E-state index contributed by atoms with van der Waals surface area (Å²) in [6.07, 6.45) is 6.12. The molecule has 3 aromatic rings. The van der Waals surface area contributed by atoms with Gasteiger partial charge in [-0.15, -0.1) is 0 Å². The Balaban J connectivity index is 0.753. The van der Waals surface area contributed by atoms with Gasteiger partial charge in [-0.1, -0.05) is 18.9 Å². The normalized spacial score (nSPS) is 20.0. The molecule has 1 saturated carbocycles. The van der Waals surface area contributed by atoms with Gasteiger partial charge in [0.05, 0.1) is 62.6 Å². The van der Waals surface area contributed by atoms with Crippen LogP contribution in [-0.4, -0.2) is 164 Å². The highest BCUT2D eigenvalue weighted by atomic mass is 19.3. The van der Waals surface area contributed by atoms with Crippen LogP contribution in [0.25, 0.3) is 0 Å². The fraction of sp³-hybridized carbons (Fsp3) is 0.522. The summed E-state index contributed by atoms with van der Waals surface area (Å²) in [7, 11) is 1.29. The van der Waals surface area contributed by atoms with E-state index in [0.29, 0.717) is 69.3 Å². The zero-order chi connectivity index (χ0) is 48.0. The van der Waals surface area contributed by atoms with Crippen molar-refractivity contribution in [1.82, 2.24) is 30.4 Å². The molecule has 1 unspecified atom stereocenters. The van der Waals surface area contributed by atoms with Gasteiger partial charge in [0.25, 0.3) is 23.6 Å². The third-order valence-electron chi connectivity index (χ3n) is 12.9. The molecule has 2 aromatic carbocycles. The van der Waals surface area contributed by atoms with E-state index < -0.39 is 48.0 Å². The van der Waals surface area contributed by atoms with E-state index >= 15 is 8.78 Å². The van der Waals surface area contributed by atoms with Crippen molar-refractivity contribution in [2.75, 3.05) is 99.8 Å². The standard InChI is InChI=1S/C46H56F2N10O10/c1-55-35-26-50-45(54-39(35)57(30-5-2-3-6-30)27-46(47,48)44(55)65)52-32-10-9-28(25-36(32)68-22-19-59)40(61)51-29-13-16-56(17-14-29)18-21-67-24-23-66-20-15-49-33-8-4-7-31-38(33)43(64)58(42(31)63)34-11-12-37(60)53-41(34)62/h4,7-10,25-26,29-30,34,49,59H,2-3,5-6,11-24,27H2,1H3,(H,51,61)(H,50,52,54)(H,53,60,62). The number of piperidine rings is 2. The fourth-order valence-electron chi connectivity index (χ4n) is 9.27. The largest absolute Gasteiger partial charge is 0.489 e. The molecule has 5 aliphatic rings. The average molecular weight is 947 g/mol. The van der Waals surface area contributed by atoms with Crippen molar-refractivity contribution in [2.24, 2.45) is 0 Å². The van der Waals surface area contributed by atoms with E-state index in [1.54, 1.807) is 36.4 Å². The molecule has 6 amide bonds. The number of ether oxygens (including phenoxy) is 3. The molecule has 5 heterocycles. The summed E-state index contributed by atoms with van der Waals surface area (Å²) >= 11 is 0. The fourth-order valence-corrected chi connectivity index (χ4v) is 9.27. The highest BCUT2D eigenvalue weighted by Crippen LogP contribution is 2.40. The Morgan fingerprint density at radius 1 is 0.926 bits per heavy atom. The minimum atomic E-state index is -3.61. The predicted molar refractivity (Wildman–Crippen MR) is 242 cm³/mol. The Hall–Kier alpha value is -6.36. The Morgan fingerprint density at radius 2 is 1.69 bits per heavy atom. The number of alkyl halides is 2. The van der Waals surface area contributed by atoms with E-state index in [0.717, 1.165) is 48.6 Å². The van der Waals surface area contributed by atoms with Crippen LogP contribution in [0.15, 0.2) is 42.6 Å². The Bertz CT molecular complexity index is 2400. The first-order chi connectivity index (χ1) is 32.8. The number of hydrogen-bond donors (Lipinski definition) is 5. The highest BCUT2D eigenvalue weighted by Gasteiger charge is 2.49. The highest BCUT2D eigenvalue weighted by molar-refractivity contribution is 6.25. The lowest BCUT2D eigenvalue weighted by Crippen LogP contribution is -2.54. The molecule has 3 fully saturated rings. The lowest BCUT2D eigenvalue weighted by Gasteiger charge is -2.32. The van der Waals surface area contributed by atoms with Crippen molar-refractivity contribution in [2.45, 2.75) is 75.4 Å². The van der Waals surface area contributed by atoms with E-state index in [2.05, 4.69) is 36.1 Å². The van der Waals surface area contributed by atoms with Gasteiger partial charge >= 0.3 is 5.92 Å². The molecule has 5 N–H and O–H groups in total. The first-order valence-electron chi connectivity index (χ1n) is 23.0. The van der Waals surface area contributed by atoms with Crippen LogP contribution in [0, 0.1) is 0 Å². The van der Waals surface area contributed by atoms with Crippen molar-refractivity contribution in [3.63, 3.8) is 0 Å². The van der Waals surface area contributed by atoms with Crippen LogP contribution in [0.1, 0.15) is 82.4 Å². The monoisotopic (exact) mass is 946 g/mol. The maximum Gasteiger partial charge on any atom is 0.342 e. The molecular weight excluding hydrogens is 891 g/mol. The number of likely N-dealkylation sites (tertiary alicyclic amines) is 1. The molecule has 0 bridgehead atoms. The van der Waals surface area contributed by atoms with Gasteiger partial charge in [-0.3, -0.25) is 39.0 Å². The number of aromatic nitrogens is 2. The molecule has 364 valence electrons. The molecule has 8 rings (SSSR count). The maximum absolute atomic E-state index is 15.1. The van der Waals surface area contributed by atoms with Gasteiger partial charge in [-0.05, 0) is 62.4 Å². The number of rotatable bonds is 19. The van der Waals surface area contributed by atoms with Crippen molar-refractivity contribution in [3.05, 3.63) is 59.3 Å². The summed E-state index contributed by atoms with van der Waals surface area (Å²) in [5, 5.41) is 21.1. The SMILES string of the molecule is CN1C(=O)C(F)(F)CN(C2CCCC2)c2nc(Nc3ccc(C(=O)NC4CCN(CCOCCOCCNc5cccc6c5C(=O)N(C5CCC(=O)NC5=O)C6=O)CC4)cc3OCCO)ncc21. The topological polar surface area (TPSA) is 237 Å². The van der Waals surface area contributed by atoms with Crippen molar-refractivity contribution in [3.8, 4) is 5.75 Å². The van der Waals surface area contributed by atoms with E-state index in [9.17, 15) is 33.9 Å². The summed E-state index contributed by atoms with van der Waals surface area (Å²) in [6, 6.07) is 8.39. The minimum absolute atomic E-state index is 0.0439. The molecule has 2 saturated heterocycles. The van der Waals surface area contributed by atoms with Gasteiger partial charge in [-0.2, -0.15) is 13.8 Å². The van der Waals surface area contributed by atoms with E-state index in [1.807, 2.05) is 0 Å². The van der Waals surface area contributed by atoms with Crippen molar-refractivity contribution in [1.29, 1.82) is 0 Å². The van der Waals surface area contributed by atoms with Gasteiger partial charge < -0.3 is 50.0 Å². The molecule has 22 heteroatoms. The second-order valence-electron chi connectivity index (χ2n) is 17.4. The number of carbonyl (C=O) groups excluding carboxylic acids is 6. The molecule has 1 aromatic heterocycles. The molecule has 0 spiro atoms. The lowest BCUT2D eigenvalue weighted by molar-refractivity contribution is -0.140. The van der Waals surface area contributed by atoms with Crippen LogP contribution in [0.3, 0.4) is 0 Å². The Morgan fingerprint density at radius 3 is 2.44 bits per heavy atom. The Labute approximate surface area is 391 Å². The zero-order valence-corrected chi connectivity index (χ0v) is 37.8. The number of fused-ring (bicyclic) bond motifs is 2. The van der Waals surface area contributed by atoms with Crippen LogP contribution in [-0.2, 0) is 23.9 Å². The smallest absolute Gasteiger partial charge is 0.342 e. The van der Waals surface area contributed by atoms with Crippen LogP contribution in [0.2, 0.25) is 0 Å². The zero-order valence-electron chi connectivity index (χ0n) is 37.8. The number of nitrogens with zero attached hydrogens (tertiary/aromatic N) is 6. The van der Waals surface area contributed by atoms with Crippen LogP contribution in [0.5, 0.6) is 5.75 Å². The van der Waals surface area contributed by atoms with Crippen LogP contribution in [0.4, 0.5) is 37.6 Å². The van der Waals surface area contributed by atoms with Crippen molar-refractivity contribution < 1.29 is 56.9 Å². The van der Waals surface area contributed by atoms with E-state index in [1.165, 1.54) is 18.1 Å². The second-order valence-corrected chi connectivity index (χ2v) is 17.4. The quantitative estimate of drug-likeness (QED) is 0.0858. The number of anilines is 5. The van der Waals surface area contributed by atoms with Gasteiger partial charge in [0.1, 0.15) is 24.1 Å². The number of benzene rings is 2. The molecular formula is C46H56F2N10O10. The molecule has 0 radical (unpaired) electrons. The number of imide groups is 2. The third kappa shape index (κ3) is 10.7. The van der Waals surface area contributed by atoms with Crippen LogP contribution >= 0.6 is 0 Å². The summed E-state index contributed by atoms with van der Waals surface area (Å²) in [6.45, 7) is 2.97. The molecule has 4 aliphatic heterocycles. The van der Waals surface area contributed by atoms with E-state index in [-0.39, 0.29) is 78.4 Å².